The Labute approximate surface area is 141 Å². The lowest BCUT2D eigenvalue weighted by Crippen LogP contribution is -2.51. The largest absolute Gasteiger partial charge is 0.459 e. The molecule has 9 heteroatoms. The van der Waals surface area contributed by atoms with Gasteiger partial charge in [-0.3, -0.25) is 9.59 Å². The molecular formula is C15H23N3O5S. The Balaban J connectivity index is 2.96. The van der Waals surface area contributed by atoms with Crippen molar-refractivity contribution in [2.24, 2.45) is 5.73 Å². The smallest absolute Gasteiger partial charge is 0.326 e. The van der Waals surface area contributed by atoms with Gasteiger partial charge in [-0.15, -0.1) is 0 Å². The minimum atomic E-state index is -3.95. The molecule has 1 unspecified atom stereocenters. The van der Waals surface area contributed by atoms with Crippen LogP contribution < -0.4 is 15.8 Å². The molecular weight excluding hydrogens is 334 g/mol. The Kier molecular flexibility index (Phi) is 6.88. The Morgan fingerprint density at radius 3 is 2.29 bits per heavy atom. The van der Waals surface area contributed by atoms with Crippen molar-refractivity contribution in [3.05, 3.63) is 30.3 Å². The molecule has 0 bridgehead atoms. The van der Waals surface area contributed by atoms with Crippen LogP contribution in [0.1, 0.15) is 20.8 Å². The fourth-order valence-corrected chi connectivity index (χ4v) is 2.89. The van der Waals surface area contributed by atoms with E-state index in [-0.39, 0.29) is 18.0 Å². The molecule has 0 aromatic heterocycles. The lowest BCUT2D eigenvalue weighted by atomic mass is 10.2. The molecule has 0 fully saturated rings. The van der Waals surface area contributed by atoms with E-state index in [1.165, 1.54) is 12.1 Å². The predicted molar refractivity (Wildman–Crippen MR) is 88.5 cm³/mol. The van der Waals surface area contributed by atoms with E-state index in [1.807, 2.05) is 0 Å². The molecule has 0 heterocycles. The third-order valence-electron chi connectivity index (χ3n) is 2.73. The summed E-state index contributed by atoms with van der Waals surface area (Å²) >= 11 is 0. The second-order valence-corrected chi connectivity index (χ2v) is 7.74. The second kappa shape index (κ2) is 8.22. The van der Waals surface area contributed by atoms with E-state index in [0.29, 0.717) is 0 Å². The highest BCUT2D eigenvalue weighted by Crippen LogP contribution is 2.11. The number of amides is 1. The second-order valence-electron chi connectivity index (χ2n) is 6.03. The molecule has 0 saturated carbocycles. The molecule has 1 rings (SSSR count). The summed E-state index contributed by atoms with van der Waals surface area (Å²) in [7, 11) is -3.95. The minimum absolute atomic E-state index is 0.00344. The average Bonchev–Trinajstić information content (AvgIpc) is 2.50. The molecule has 4 N–H and O–H groups in total. The Bertz CT molecular complexity index is 668. The van der Waals surface area contributed by atoms with Crippen LogP contribution in [-0.4, -0.2) is 45.0 Å². The van der Waals surface area contributed by atoms with Crippen LogP contribution >= 0.6 is 0 Å². The number of esters is 1. The lowest BCUT2D eigenvalue weighted by molar-refractivity contribution is -0.156. The molecule has 24 heavy (non-hydrogen) atoms. The van der Waals surface area contributed by atoms with E-state index in [0.717, 1.165) is 0 Å². The van der Waals surface area contributed by atoms with Gasteiger partial charge in [-0.2, -0.15) is 4.72 Å². The highest BCUT2D eigenvalue weighted by atomic mass is 32.2. The molecule has 0 saturated heterocycles. The number of nitrogens with one attached hydrogen (secondary N) is 2. The summed E-state index contributed by atoms with van der Waals surface area (Å²) in [5.74, 6) is -1.30. The Morgan fingerprint density at radius 2 is 1.79 bits per heavy atom. The number of hydrogen-bond acceptors (Lipinski definition) is 6. The number of ether oxygens (including phenoxy) is 1. The minimum Gasteiger partial charge on any atom is -0.459 e. The van der Waals surface area contributed by atoms with Crippen molar-refractivity contribution in [3.8, 4) is 0 Å². The molecule has 134 valence electrons. The number of benzene rings is 1. The van der Waals surface area contributed by atoms with Crippen LogP contribution in [-0.2, 0) is 24.3 Å². The van der Waals surface area contributed by atoms with E-state index < -0.39 is 33.5 Å². The van der Waals surface area contributed by atoms with Crippen molar-refractivity contribution in [1.82, 2.24) is 10.0 Å². The molecule has 1 amide bonds. The lowest BCUT2D eigenvalue weighted by Gasteiger charge is -2.24. The van der Waals surface area contributed by atoms with E-state index >= 15 is 0 Å². The molecule has 0 aliphatic rings. The molecule has 1 aromatic carbocycles. The summed E-state index contributed by atoms with van der Waals surface area (Å²) in [4.78, 5) is 23.5. The van der Waals surface area contributed by atoms with Gasteiger partial charge in [-0.1, -0.05) is 18.2 Å². The summed E-state index contributed by atoms with van der Waals surface area (Å²) in [6, 6.07) is 6.32. The van der Waals surface area contributed by atoms with E-state index in [4.69, 9.17) is 10.5 Å². The zero-order valence-electron chi connectivity index (χ0n) is 13.9. The van der Waals surface area contributed by atoms with Crippen molar-refractivity contribution >= 4 is 21.9 Å². The Hall–Kier alpha value is -1.97. The van der Waals surface area contributed by atoms with Crippen molar-refractivity contribution in [3.63, 3.8) is 0 Å². The van der Waals surface area contributed by atoms with Crippen LogP contribution in [0.15, 0.2) is 35.2 Å². The van der Waals surface area contributed by atoms with Crippen molar-refractivity contribution in [2.75, 3.05) is 13.1 Å². The first kappa shape index (κ1) is 20.1. The highest BCUT2D eigenvalue weighted by molar-refractivity contribution is 7.89. The van der Waals surface area contributed by atoms with Gasteiger partial charge in [0, 0.05) is 6.54 Å². The summed E-state index contributed by atoms with van der Waals surface area (Å²) in [6.07, 6.45) is 0. The first-order valence-corrected chi connectivity index (χ1v) is 8.80. The highest BCUT2D eigenvalue weighted by Gasteiger charge is 2.30. The number of sulfonamides is 1. The SMILES string of the molecule is CC(C)(C)OC(=O)C(CNC(=O)CN)NS(=O)(=O)c1ccccc1. The maximum absolute atomic E-state index is 12.4. The summed E-state index contributed by atoms with van der Waals surface area (Å²) in [6.45, 7) is 4.44. The van der Waals surface area contributed by atoms with Gasteiger partial charge < -0.3 is 15.8 Å². The topological polar surface area (TPSA) is 128 Å². The van der Waals surface area contributed by atoms with Gasteiger partial charge in [0.1, 0.15) is 11.6 Å². The number of rotatable bonds is 7. The maximum atomic E-state index is 12.4. The van der Waals surface area contributed by atoms with Gasteiger partial charge >= 0.3 is 5.97 Å². The monoisotopic (exact) mass is 357 g/mol. The van der Waals surface area contributed by atoms with Crippen molar-refractivity contribution in [1.29, 1.82) is 0 Å². The van der Waals surface area contributed by atoms with Crippen LogP contribution in [0.5, 0.6) is 0 Å². The van der Waals surface area contributed by atoms with Gasteiger partial charge in [0.2, 0.25) is 15.9 Å². The third-order valence-corrected chi connectivity index (χ3v) is 4.22. The number of hydrogen-bond donors (Lipinski definition) is 3. The molecule has 0 radical (unpaired) electrons. The van der Waals surface area contributed by atoms with E-state index in [9.17, 15) is 18.0 Å². The summed E-state index contributed by atoms with van der Waals surface area (Å²) < 4.78 is 32.2. The van der Waals surface area contributed by atoms with Gasteiger partial charge in [0.25, 0.3) is 0 Å². The van der Waals surface area contributed by atoms with Gasteiger partial charge in [0.15, 0.2) is 0 Å². The standard InChI is InChI=1S/C15H23N3O5S/c1-15(2,3)23-14(20)12(10-17-13(19)9-16)18-24(21,22)11-7-5-4-6-8-11/h4-8,12,18H,9-10,16H2,1-3H3,(H,17,19). The van der Waals surface area contributed by atoms with Gasteiger partial charge in [0.05, 0.1) is 11.4 Å². The average molecular weight is 357 g/mol. The number of nitrogens with two attached hydrogens (primary N) is 1. The molecule has 1 atom stereocenters. The van der Waals surface area contributed by atoms with Gasteiger partial charge in [-0.25, -0.2) is 8.42 Å². The molecule has 1 aromatic rings. The van der Waals surface area contributed by atoms with E-state index in [2.05, 4.69) is 10.0 Å². The third kappa shape index (κ3) is 6.65. The molecule has 8 nitrogen and oxygen atoms in total. The predicted octanol–water partition coefficient (Wildman–Crippen LogP) is -0.250. The quantitative estimate of drug-likeness (QED) is 0.578. The zero-order valence-corrected chi connectivity index (χ0v) is 14.7. The number of carbonyl (C=O) groups excluding carboxylic acids is 2. The van der Waals surface area contributed by atoms with Crippen molar-refractivity contribution < 1.29 is 22.7 Å². The van der Waals surface area contributed by atoms with Crippen LogP contribution in [0.2, 0.25) is 0 Å². The van der Waals surface area contributed by atoms with Crippen LogP contribution in [0.4, 0.5) is 0 Å². The normalized spacial score (nSPS) is 13.2. The molecule has 0 aliphatic carbocycles. The number of carbonyl (C=O) groups is 2. The maximum Gasteiger partial charge on any atom is 0.326 e. The first-order chi connectivity index (χ1) is 11.0. The Morgan fingerprint density at radius 1 is 1.21 bits per heavy atom. The summed E-state index contributed by atoms with van der Waals surface area (Å²) in [5.41, 5.74) is 4.39. The first-order valence-electron chi connectivity index (χ1n) is 7.32. The van der Waals surface area contributed by atoms with Crippen LogP contribution in [0, 0.1) is 0 Å². The molecule has 0 aliphatic heterocycles. The zero-order chi connectivity index (χ0) is 18.4. The van der Waals surface area contributed by atoms with Crippen LogP contribution in [0.3, 0.4) is 0 Å². The van der Waals surface area contributed by atoms with Crippen molar-refractivity contribution in [2.45, 2.75) is 37.3 Å². The van der Waals surface area contributed by atoms with Gasteiger partial charge in [-0.05, 0) is 32.9 Å². The van der Waals surface area contributed by atoms with E-state index in [1.54, 1.807) is 39.0 Å². The fraction of sp³-hybridized carbons (Fsp3) is 0.467. The fourth-order valence-electron chi connectivity index (χ4n) is 1.69. The molecule has 0 spiro atoms. The van der Waals surface area contributed by atoms with Crippen LogP contribution in [0.25, 0.3) is 0 Å². The summed E-state index contributed by atoms with van der Waals surface area (Å²) in [5, 5.41) is 2.38.